The summed E-state index contributed by atoms with van der Waals surface area (Å²) in [5.74, 6) is 0.0743. The van der Waals surface area contributed by atoms with Crippen LogP contribution < -0.4 is 11.1 Å². The lowest BCUT2D eigenvalue weighted by Crippen LogP contribution is -2.49. The molecule has 0 aliphatic rings. The molecule has 0 aromatic carbocycles. The Labute approximate surface area is 109 Å². The van der Waals surface area contributed by atoms with Crippen LogP contribution in [0.2, 0.25) is 0 Å². The van der Waals surface area contributed by atoms with Gasteiger partial charge in [-0.1, -0.05) is 20.3 Å². The van der Waals surface area contributed by atoms with Crippen LogP contribution in [0.15, 0.2) is 0 Å². The van der Waals surface area contributed by atoms with Crippen molar-refractivity contribution >= 4 is 24.3 Å². The number of rotatable bonds is 4. The smallest absolute Gasteiger partial charge is 0.408 e. The van der Waals surface area contributed by atoms with Gasteiger partial charge in [0.15, 0.2) is 0 Å². The third kappa shape index (κ3) is 7.85. The van der Waals surface area contributed by atoms with Crippen LogP contribution in [0.1, 0.15) is 41.0 Å². The minimum absolute atomic E-state index is 0. The fourth-order valence-electron chi connectivity index (χ4n) is 1.20. The van der Waals surface area contributed by atoms with E-state index < -0.39 is 17.7 Å². The zero-order chi connectivity index (χ0) is 12.9. The molecule has 17 heavy (non-hydrogen) atoms. The van der Waals surface area contributed by atoms with Gasteiger partial charge < -0.3 is 15.8 Å². The van der Waals surface area contributed by atoms with E-state index in [1.165, 1.54) is 0 Å². The SMILES string of the molecule is CCC(C)C(NC(=O)OC(C)(C)C)C(=N)N.Cl. The molecule has 0 spiro atoms. The molecule has 0 saturated carbocycles. The van der Waals surface area contributed by atoms with Gasteiger partial charge in [-0.05, 0) is 26.7 Å². The minimum atomic E-state index is -0.541. The Kier molecular flexibility index (Phi) is 7.98. The number of nitrogens with two attached hydrogens (primary N) is 1. The number of hydrogen-bond acceptors (Lipinski definition) is 3. The minimum Gasteiger partial charge on any atom is -0.444 e. The third-order valence-corrected chi connectivity index (χ3v) is 2.22. The first-order valence-corrected chi connectivity index (χ1v) is 5.50. The zero-order valence-corrected chi connectivity index (χ0v) is 12.0. The van der Waals surface area contributed by atoms with Crippen LogP contribution in [0.4, 0.5) is 4.79 Å². The third-order valence-electron chi connectivity index (χ3n) is 2.22. The highest BCUT2D eigenvalue weighted by Crippen LogP contribution is 2.10. The molecule has 1 amide bonds. The maximum Gasteiger partial charge on any atom is 0.408 e. The zero-order valence-electron chi connectivity index (χ0n) is 11.2. The maximum absolute atomic E-state index is 11.5. The highest BCUT2D eigenvalue weighted by Gasteiger charge is 2.24. The topological polar surface area (TPSA) is 88.2 Å². The summed E-state index contributed by atoms with van der Waals surface area (Å²) in [6.45, 7) is 9.29. The summed E-state index contributed by atoms with van der Waals surface area (Å²) in [7, 11) is 0. The average Bonchev–Trinajstić information content (AvgIpc) is 2.09. The van der Waals surface area contributed by atoms with E-state index in [1.807, 2.05) is 13.8 Å². The van der Waals surface area contributed by atoms with Crippen LogP contribution in [-0.4, -0.2) is 23.6 Å². The molecule has 102 valence electrons. The van der Waals surface area contributed by atoms with Crippen LogP contribution in [0.25, 0.3) is 0 Å². The van der Waals surface area contributed by atoms with E-state index in [-0.39, 0.29) is 24.2 Å². The fourth-order valence-corrected chi connectivity index (χ4v) is 1.20. The van der Waals surface area contributed by atoms with Crippen molar-refractivity contribution in [3.63, 3.8) is 0 Å². The molecule has 0 aliphatic heterocycles. The number of amides is 1. The van der Waals surface area contributed by atoms with E-state index in [4.69, 9.17) is 15.9 Å². The van der Waals surface area contributed by atoms with Gasteiger partial charge in [0.05, 0.1) is 6.04 Å². The number of alkyl carbamates (subject to hydrolysis) is 1. The van der Waals surface area contributed by atoms with E-state index in [9.17, 15) is 4.79 Å². The lowest BCUT2D eigenvalue weighted by atomic mass is 9.98. The Morgan fingerprint density at radius 3 is 2.24 bits per heavy atom. The Balaban J connectivity index is 0. The van der Waals surface area contributed by atoms with Crippen molar-refractivity contribution in [1.82, 2.24) is 5.32 Å². The number of hydrogen-bond donors (Lipinski definition) is 3. The van der Waals surface area contributed by atoms with E-state index in [1.54, 1.807) is 20.8 Å². The molecule has 0 aromatic rings. The number of carbonyl (C=O) groups excluding carboxylic acids is 1. The second-order valence-corrected chi connectivity index (χ2v) is 4.96. The van der Waals surface area contributed by atoms with Gasteiger partial charge in [-0.25, -0.2) is 4.79 Å². The van der Waals surface area contributed by atoms with Gasteiger partial charge in [0.25, 0.3) is 0 Å². The van der Waals surface area contributed by atoms with E-state index in [0.717, 1.165) is 6.42 Å². The molecule has 2 unspecified atom stereocenters. The predicted molar refractivity (Wildman–Crippen MR) is 71.8 cm³/mol. The number of ether oxygens (including phenoxy) is 1. The number of halogens is 1. The first-order valence-electron chi connectivity index (χ1n) is 5.50. The monoisotopic (exact) mass is 265 g/mol. The highest BCUT2D eigenvalue weighted by molar-refractivity contribution is 5.86. The van der Waals surface area contributed by atoms with Gasteiger partial charge in [-0.15, -0.1) is 12.4 Å². The van der Waals surface area contributed by atoms with Gasteiger partial charge in [0.2, 0.25) is 0 Å². The largest absolute Gasteiger partial charge is 0.444 e. The van der Waals surface area contributed by atoms with Crippen molar-refractivity contribution in [2.45, 2.75) is 52.7 Å². The molecule has 0 bridgehead atoms. The molecule has 4 N–H and O–H groups in total. The van der Waals surface area contributed by atoms with E-state index in [0.29, 0.717) is 0 Å². The molecule has 2 atom stereocenters. The van der Waals surface area contributed by atoms with Crippen molar-refractivity contribution in [2.75, 3.05) is 0 Å². The van der Waals surface area contributed by atoms with Gasteiger partial charge in [0.1, 0.15) is 11.4 Å². The summed E-state index contributed by atoms with van der Waals surface area (Å²) in [6, 6.07) is -0.458. The highest BCUT2D eigenvalue weighted by atomic mass is 35.5. The quantitative estimate of drug-likeness (QED) is 0.538. The maximum atomic E-state index is 11.5. The number of carbonyl (C=O) groups is 1. The Hall–Kier alpha value is -0.970. The lowest BCUT2D eigenvalue weighted by molar-refractivity contribution is 0.0506. The Morgan fingerprint density at radius 2 is 1.94 bits per heavy atom. The van der Waals surface area contributed by atoms with E-state index in [2.05, 4.69) is 5.32 Å². The van der Waals surface area contributed by atoms with E-state index >= 15 is 0 Å². The summed E-state index contributed by atoms with van der Waals surface area (Å²) in [5, 5.41) is 10.0. The summed E-state index contributed by atoms with van der Waals surface area (Å²) in [6.07, 6.45) is 0.299. The van der Waals surface area contributed by atoms with Gasteiger partial charge in [-0.3, -0.25) is 5.41 Å². The molecule has 0 radical (unpaired) electrons. The van der Waals surface area contributed by atoms with Gasteiger partial charge in [0, 0.05) is 0 Å². The standard InChI is InChI=1S/C11H23N3O2.ClH/c1-6-7(2)8(9(12)13)14-10(15)16-11(3,4)5;/h7-8H,6H2,1-5H3,(H3,12,13)(H,14,15);1H. The van der Waals surface area contributed by atoms with Gasteiger partial charge >= 0.3 is 6.09 Å². The van der Waals surface area contributed by atoms with Crippen molar-refractivity contribution in [3.8, 4) is 0 Å². The van der Waals surface area contributed by atoms with Crippen LogP contribution in [0, 0.1) is 11.3 Å². The Morgan fingerprint density at radius 1 is 1.47 bits per heavy atom. The van der Waals surface area contributed by atoms with Crippen LogP contribution in [-0.2, 0) is 4.74 Å². The molecule has 0 aliphatic carbocycles. The fraction of sp³-hybridized carbons (Fsp3) is 0.818. The summed E-state index contributed by atoms with van der Waals surface area (Å²) >= 11 is 0. The second-order valence-electron chi connectivity index (χ2n) is 4.96. The molecule has 5 nitrogen and oxygen atoms in total. The number of amidine groups is 1. The predicted octanol–water partition coefficient (Wildman–Crippen LogP) is 2.28. The Bertz CT molecular complexity index is 264. The molecule has 0 aromatic heterocycles. The normalized spacial score (nSPS) is 14.2. The molecule has 0 heterocycles. The average molecular weight is 266 g/mol. The van der Waals surface area contributed by atoms with Crippen molar-refractivity contribution in [3.05, 3.63) is 0 Å². The molecule has 0 rings (SSSR count). The first kappa shape index (κ1) is 18.4. The van der Waals surface area contributed by atoms with Crippen LogP contribution >= 0.6 is 12.4 Å². The first-order chi connectivity index (χ1) is 7.17. The van der Waals surface area contributed by atoms with Crippen molar-refractivity contribution in [1.29, 1.82) is 5.41 Å². The molecule has 6 heteroatoms. The molecular formula is C11H24ClN3O2. The second kappa shape index (κ2) is 7.37. The lowest BCUT2D eigenvalue weighted by Gasteiger charge is -2.26. The molecule has 0 saturated heterocycles. The molecular weight excluding hydrogens is 242 g/mol. The summed E-state index contributed by atoms with van der Waals surface area (Å²) < 4.78 is 5.11. The van der Waals surface area contributed by atoms with Crippen LogP contribution in [0.5, 0.6) is 0 Å². The van der Waals surface area contributed by atoms with Crippen LogP contribution in [0.3, 0.4) is 0 Å². The number of nitrogens with one attached hydrogen (secondary N) is 2. The van der Waals surface area contributed by atoms with Crippen molar-refractivity contribution < 1.29 is 9.53 Å². The summed E-state index contributed by atoms with van der Waals surface area (Å²) in [4.78, 5) is 11.5. The molecule has 0 fully saturated rings. The summed E-state index contributed by atoms with van der Waals surface area (Å²) in [5.41, 5.74) is 4.90. The van der Waals surface area contributed by atoms with Crippen molar-refractivity contribution in [2.24, 2.45) is 11.7 Å². The van der Waals surface area contributed by atoms with Gasteiger partial charge in [-0.2, -0.15) is 0 Å².